The van der Waals surface area contributed by atoms with Crippen LogP contribution in [0.1, 0.15) is 0 Å². The van der Waals surface area contributed by atoms with Crippen LogP contribution in [0, 0.1) is 0 Å². The van der Waals surface area contributed by atoms with Crippen molar-refractivity contribution in [1.82, 2.24) is 24.8 Å². The van der Waals surface area contributed by atoms with Crippen LogP contribution >= 0.6 is 11.6 Å². The summed E-state index contributed by atoms with van der Waals surface area (Å²) < 4.78 is 3.39. The third-order valence-electron chi connectivity index (χ3n) is 1.72. The lowest BCUT2D eigenvalue weighted by Gasteiger charge is -1.99. The molecule has 0 unspecified atom stereocenters. The number of aryl methyl sites for hydroxylation is 2. The molecule has 2 rings (SSSR count). The first kappa shape index (κ1) is 9.01. The fourth-order valence-corrected chi connectivity index (χ4v) is 1.24. The Balaban J connectivity index is 1.94. The Labute approximate surface area is 85.3 Å². The first-order chi connectivity index (χ1) is 6.74. The second kappa shape index (κ2) is 3.67. The fraction of sp³-hybridized carbons (Fsp3) is 0.286. The van der Waals surface area contributed by atoms with Crippen molar-refractivity contribution in [3.63, 3.8) is 0 Å². The van der Waals surface area contributed by atoms with Gasteiger partial charge in [-0.2, -0.15) is 5.10 Å². The number of aromatic nitrogens is 5. The first-order valence-electron chi connectivity index (χ1n) is 4.07. The predicted octanol–water partition coefficient (Wildman–Crippen LogP) is 0.410. The van der Waals surface area contributed by atoms with E-state index in [4.69, 9.17) is 17.3 Å². The molecule has 0 saturated carbocycles. The van der Waals surface area contributed by atoms with Gasteiger partial charge < -0.3 is 5.73 Å². The van der Waals surface area contributed by atoms with Gasteiger partial charge in [-0.15, -0.1) is 5.10 Å². The van der Waals surface area contributed by atoms with Gasteiger partial charge in [0.2, 0.25) is 0 Å². The lowest BCUT2D eigenvalue weighted by atomic mass is 10.6. The molecule has 0 aliphatic heterocycles. The Morgan fingerprint density at radius 2 is 2.07 bits per heavy atom. The van der Waals surface area contributed by atoms with Crippen molar-refractivity contribution in [1.29, 1.82) is 0 Å². The number of halogens is 1. The van der Waals surface area contributed by atoms with Crippen LogP contribution in [0.4, 0.5) is 5.82 Å². The van der Waals surface area contributed by atoms with E-state index < -0.39 is 0 Å². The van der Waals surface area contributed by atoms with Crippen LogP contribution in [0.2, 0.25) is 5.02 Å². The highest BCUT2D eigenvalue weighted by Crippen LogP contribution is 2.04. The monoisotopic (exact) mass is 212 g/mol. The van der Waals surface area contributed by atoms with E-state index in [1.165, 1.54) is 0 Å². The Hall–Kier alpha value is -1.56. The minimum atomic E-state index is 0.420. The maximum atomic E-state index is 5.71. The summed E-state index contributed by atoms with van der Waals surface area (Å²) in [5.41, 5.74) is 5.41. The zero-order chi connectivity index (χ0) is 9.97. The van der Waals surface area contributed by atoms with E-state index in [-0.39, 0.29) is 0 Å². The molecule has 14 heavy (non-hydrogen) atoms. The van der Waals surface area contributed by atoms with Crippen molar-refractivity contribution in [2.45, 2.75) is 13.1 Å². The number of hydrogen-bond acceptors (Lipinski definition) is 4. The third kappa shape index (κ3) is 2.02. The molecule has 0 fully saturated rings. The van der Waals surface area contributed by atoms with E-state index >= 15 is 0 Å². The number of nitrogens with zero attached hydrogens (tertiary/aromatic N) is 5. The minimum Gasteiger partial charge on any atom is -0.381 e. The summed E-state index contributed by atoms with van der Waals surface area (Å²) in [6.45, 7) is 1.36. The SMILES string of the molecule is Nc1cn(CCn2cc(Cl)cn2)nn1. The molecule has 2 heterocycles. The summed E-state index contributed by atoms with van der Waals surface area (Å²) in [5.74, 6) is 0.420. The Bertz CT molecular complexity index is 379. The van der Waals surface area contributed by atoms with Gasteiger partial charge in [0.15, 0.2) is 5.82 Å². The van der Waals surface area contributed by atoms with E-state index in [0.29, 0.717) is 23.9 Å². The summed E-state index contributed by atoms with van der Waals surface area (Å²) in [4.78, 5) is 0. The van der Waals surface area contributed by atoms with Crippen molar-refractivity contribution in [2.24, 2.45) is 0 Å². The lowest BCUT2D eigenvalue weighted by Crippen LogP contribution is -2.08. The van der Waals surface area contributed by atoms with Gasteiger partial charge in [0.05, 0.1) is 30.5 Å². The van der Waals surface area contributed by atoms with Gasteiger partial charge in [0.25, 0.3) is 0 Å². The Kier molecular flexibility index (Phi) is 2.36. The zero-order valence-electron chi connectivity index (χ0n) is 7.34. The molecule has 0 aliphatic rings. The van der Waals surface area contributed by atoms with Crippen LogP contribution in [0.3, 0.4) is 0 Å². The summed E-state index contributed by atoms with van der Waals surface area (Å²) in [5, 5.41) is 12.1. The van der Waals surface area contributed by atoms with Crippen LogP contribution in [-0.4, -0.2) is 24.8 Å². The van der Waals surface area contributed by atoms with Gasteiger partial charge in [-0.1, -0.05) is 16.8 Å². The van der Waals surface area contributed by atoms with Gasteiger partial charge in [-0.3, -0.25) is 4.68 Å². The highest BCUT2D eigenvalue weighted by molar-refractivity contribution is 6.30. The van der Waals surface area contributed by atoms with E-state index in [2.05, 4.69) is 15.4 Å². The average molecular weight is 213 g/mol. The van der Waals surface area contributed by atoms with E-state index in [1.54, 1.807) is 28.0 Å². The summed E-state index contributed by atoms with van der Waals surface area (Å²) >= 11 is 5.71. The van der Waals surface area contributed by atoms with Gasteiger partial charge >= 0.3 is 0 Å². The first-order valence-corrected chi connectivity index (χ1v) is 4.45. The molecule has 0 saturated heterocycles. The highest BCUT2D eigenvalue weighted by Gasteiger charge is 1.98. The second-order valence-electron chi connectivity index (χ2n) is 2.83. The van der Waals surface area contributed by atoms with Crippen molar-refractivity contribution < 1.29 is 0 Å². The minimum absolute atomic E-state index is 0.420. The maximum absolute atomic E-state index is 5.71. The molecule has 2 N–H and O–H groups in total. The molecule has 0 atom stereocenters. The third-order valence-corrected chi connectivity index (χ3v) is 1.91. The van der Waals surface area contributed by atoms with Gasteiger partial charge in [-0.05, 0) is 0 Å². The molecule has 2 aromatic heterocycles. The molecule has 0 spiro atoms. The van der Waals surface area contributed by atoms with Gasteiger partial charge in [0.1, 0.15) is 0 Å². The molecule has 0 aromatic carbocycles. The summed E-state index contributed by atoms with van der Waals surface area (Å²) in [6.07, 6.45) is 5.02. The molecular formula is C7H9ClN6. The highest BCUT2D eigenvalue weighted by atomic mass is 35.5. The van der Waals surface area contributed by atoms with Crippen LogP contribution in [0.15, 0.2) is 18.6 Å². The average Bonchev–Trinajstić information content (AvgIpc) is 2.72. The number of anilines is 1. The Morgan fingerprint density at radius 3 is 2.64 bits per heavy atom. The maximum Gasteiger partial charge on any atom is 0.165 e. The quantitative estimate of drug-likeness (QED) is 0.800. The van der Waals surface area contributed by atoms with Gasteiger partial charge in [-0.25, -0.2) is 4.68 Å². The zero-order valence-corrected chi connectivity index (χ0v) is 8.09. The number of nitrogen functional groups attached to an aromatic ring is 1. The number of rotatable bonds is 3. The standard InChI is InChI=1S/C7H9ClN6/c8-6-3-10-13(4-6)1-2-14-5-7(9)11-12-14/h3-5H,1-2,9H2. The molecule has 0 bridgehead atoms. The Morgan fingerprint density at radius 1 is 1.29 bits per heavy atom. The van der Waals surface area contributed by atoms with Crippen LogP contribution in [0.25, 0.3) is 0 Å². The molecule has 74 valence electrons. The largest absolute Gasteiger partial charge is 0.381 e. The van der Waals surface area contributed by atoms with E-state index in [9.17, 15) is 0 Å². The molecule has 7 heteroatoms. The van der Waals surface area contributed by atoms with Crippen molar-refractivity contribution in [3.05, 3.63) is 23.6 Å². The lowest BCUT2D eigenvalue weighted by molar-refractivity contribution is 0.490. The normalized spacial score (nSPS) is 10.6. The van der Waals surface area contributed by atoms with Crippen LogP contribution in [0.5, 0.6) is 0 Å². The van der Waals surface area contributed by atoms with Crippen LogP contribution < -0.4 is 5.73 Å². The van der Waals surface area contributed by atoms with Crippen LogP contribution in [-0.2, 0) is 13.1 Å². The number of nitrogens with two attached hydrogens (primary N) is 1. The summed E-state index contributed by atoms with van der Waals surface area (Å²) in [7, 11) is 0. The van der Waals surface area contributed by atoms with E-state index in [1.807, 2.05) is 0 Å². The fourth-order valence-electron chi connectivity index (χ4n) is 1.09. The molecule has 6 nitrogen and oxygen atoms in total. The molecule has 0 amide bonds. The molecule has 2 aromatic rings. The molecular weight excluding hydrogens is 204 g/mol. The summed E-state index contributed by atoms with van der Waals surface area (Å²) in [6, 6.07) is 0. The smallest absolute Gasteiger partial charge is 0.165 e. The molecule has 0 aliphatic carbocycles. The van der Waals surface area contributed by atoms with Gasteiger partial charge in [0, 0.05) is 6.20 Å². The van der Waals surface area contributed by atoms with E-state index in [0.717, 1.165) is 0 Å². The predicted molar refractivity (Wildman–Crippen MR) is 51.7 cm³/mol. The number of hydrogen-bond donors (Lipinski definition) is 1. The molecule has 0 radical (unpaired) electrons. The van der Waals surface area contributed by atoms with Crippen molar-refractivity contribution in [3.8, 4) is 0 Å². The second-order valence-corrected chi connectivity index (χ2v) is 3.26. The van der Waals surface area contributed by atoms with Crippen molar-refractivity contribution >= 4 is 17.4 Å². The van der Waals surface area contributed by atoms with Crippen molar-refractivity contribution in [2.75, 3.05) is 5.73 Å². The topological polar surface area (TPSA) is 74.5 Å².